The van der Waals surface area contributed by atoms with E-state index < -0.39 is 0 Å². The second kappa shape index (κ2) is 3.18. The molecule has 0 amide bonds. The zero-order valence-corrected chi connectivity index (χ0v) is 7.42. The maximum Gasteiger partial charge on any atom is 0.130 e. The summed E-state index contributed by atoms with van der Waals surface area (Å²) in [5.41, 5.74) is 0. The SMILES string of the molecule is CC1CC(CN2C[B]CC2)C1. The first-order valence-corrected chi connectivity index (χ1v) is 4.88. The van der Waals surface area contributed by atoms with Gasteiger partial charge in [-0.1, -0.05) is 13.2 Å². The number of nitrogens with zero attached hydrogens (tertiary/aromatic N) is 1. The molecule has 1 radical (unpaired) electrons. The van der Waals surface area contributed by atoms with E-state index in [1.807, 2.05) is 0 Å². The molecule has 61 valence electrons. The fraction of sp³-hybridized carbons (Fsp3) is 1.00. The van der Waals surface area contributed by atoms with Crippen LogP contribution in [0.3, 0.4) is 0 Å². The highest BCUT2D eigenvalue weighted by Gasteiger charge is 2.27. The Morgan fingerprint density at radius 3 is 2.82 bits per heavy atom. The molecule has 1 saturated heterocycles. The molecule has 2 aliphatic rings. The van der Waals surface area contributed by atoms with Crippen LogP contribution >= 0.6 is 0 Å². The number of rotatable bonds is 2. The third kappa shape index (κ3) is 1.78. The first-order chi connectivity index (χ1) is 5.34. The van der Waals surface area contributed by atoms with Crippen molar-refractivity contribution in [1.29, 1.82) is 0 Å². The second-order valence-corrected chi connectivity index (χ2v) is 4.28. The Kier molecular flexibility index (Phi) is 2.21. The lowest BCUT2D eigenvalue weighted by atomic mass is 9.75. The van der Waals surface area contributed by atoms with E-state index in [1.165, 1.54) is 38.7 Å². The summed E-state index contributed by atoms with van der Waals surface area (Å²) < 4.78 is 0. The molecule has 0 aromatic heterocycles. The molecular formula is C9H17BN. The first kappa shape index (κ1) is 7.66. The molecule has 1 heterocycles. The molecule has 0 N–H and O–H groups in total. The lowest BCUT2D eigenvalue weighted by Crippen LogP contribution is -2.34. The molecule has 1 nitrogen and oxygen atoms in total. The molecule has 0 aromatic carbocycles. The highest BCUT2D eigenvalue weighted by atomic mass is 15.1. The summed E-state index contributed by atoms with van der Waals surface area (Å²) in [6, 6.07) is 0. The van der Waals surface area contributed by atoms with Gasteiger partial charge in [0.05, 0.1) is 0 Å². The minimum Gasteiger partial charge on any atom is -0.312 e. The van der Waals surface area contributed by atoms with Gasteiger partial charge in [-0.2, -0.15) is 0 Å². The van der Waals surface area contributed by atoms with Crippen molar-refractivity contribution in [3.05, 3.63) is 0 Å². The van der Waals surface area contributed by atoms with Crippen molar-refractivity contribution in [3.8, 4) is 0 Å². The Balaban J connectivity index is 1.66. The smallest absolute Gasteiger partial charge is 0.130 e. The topological polar surface area (TPSA) is 3.24 Å². The van der Waals surface area contributed by atoms with Crippen LogP contribution in [0.1, 0.15) is 19.8 Å². The van der Waals surface area contributed by atoms with E-state index in [9.17, 15) is 0 Å². The van der Waals surface area contributed by atoms with Gasteiger partial charge in [0.15, 0.2) is 0 Å². The normalized spacial score (nSPS) is 38.3. The standard InChI is InChI=1S/C9H17BN/c1-8-4-9(5-8)6-11-3-2-10-7-11/h8-9H,2-7H2,1H3. The summed E-state index contributed by atoms with van der Waals surface area (Å²) in [5.74, 6) is 2.06. The molecule has 0 atom stereocenters. The minimum atomic E-state index is 1.02. The van der Waals surface area contributed by atoms with E-state index in [2.05, 4.69) is 19.1 Å². The Morgan fingerprint density at radius 1 is 1.45 bits per heavy atom. The summed E-state index contributed by atoms with van der Waals surface area (Å²) in [6.07, 6.45) is 5.54. The highest BCUT2D eigenvalue weighted by molar-refractivity contribution is 6.36. The van der Waals surface area contributed by atoms with Crippen molar-refractivity contribution in [2.24, 2.45) is 11.8 Å². The molecule has 1 saturated carbocycles. The largest absolute Gasteiger partial charge is 0.312 e. The third-order valence-electron chi connectivity index (χ3n) is 3.02. The maximum atomic E-state index is 2.59. The second-order valence-electron chi connectivity index (χ2n) is 4.28. The average Bonchev–Trinajstić information content (AvgIpc) is 2.36. The predicted molar refractivity (Wildman–Crippen MR) is 48.9 cm³/mol. The van der Waals surface area contributed by atoms with E-state index in [4.69, 9.17) is 0 Å². The summed E-state index contributed by atoms with van der Waals surface area (Å²) in [5, 5.41) is 0. The van der Waals surface area contributed by atoms with Gasteiger partial charge < -0.3 is 4.90 Å². The molecule has 0 spiro atoms. The molecule has 0 bridgehead atoms. The summed E-state index contributed by atoms with van der Waals surface area (Å²) in [7, 11) is 2.40. The van der Waals surface area contributed by atoms with Crippen LogP contribution in [0.4, 0.5) is 0 Å². The van der Waals surface area contributed by atoms with Crippen LogP contribution in [0.15, 0.2) is 0 Å². The Bertz CT molecular complexity index is 126. The molecule has 0 unspecified atom stereocenters. The fourth-order valence-electron chi connectivity index (χ4n) is 2.39. The zero-order valence-electron chi connectivity index (χ0n) is 7.42. The fourth-order valence-corrected chi connectivity index (χ4v) is 2.39. The molecule has 1 aliphatic heterocycles. The molecule has 2 heteroatoms. The van der Waals surface area contributed by atoms with E-state index in [1.54, 1.807) is 0 Å². The summed E-state index contributed by atoms with van der Waals surface area (Å²) >= 11 is 0. The Labute approximate surface area is 70.4 Å². The van der Waals surface area contributed by atoms with Gasteiger partial charge in [-0.25, -0.2) is 0 Å². The van der Waals surface area contributed by atoms with Gasteiger partial charge in [-0.05, 0) is 37.7 Å². The van der Waals surface area contributed by atoms with Gasteiger partial charge >= 0.3 is 0 Å². The van der Waals surface area contributed by atoms with Crippen LogP contribution < -0.4 is 0 Å². The van der Waals surface area contributed by atoms with Crippen molar-refractivity contribution in [2.45, 2.75) is 26.1 Å². The van der Waals surface area contributed by atoms with Crippen LogP contribution in [0.2, 0.25) is 6.32 Å². The molecule has 0 aromatic rings. The van der Waals surface area contributed by atoms with Gasteiger partial charge in [0.1, 0.15) is 7.28 Å². The van der Waals surface area contributed by atoms with E-state index in [0.29, 0.717) is 0 Å². The Morgan fingerprint density at radius 2 is 2.27 bits per heavy atom. The minimum absolute atomic E-state index is 1.02. The quantitative estimate of drug-likeness (QED) is 0.538. The Hall–Kier alpha value is 0.0249. The van der Waals surface area contributed by atoms with Crippen LogP contribution in [0.25, 0.3) is 0 Å². The van der Waals surface area contributed by atoms with Gasteiger partial charge in [0.2, 0.25) is 0 Å². The summed E-state index contributed by atoms with van der Waals surface area (Å²) in [6.45, 7) is 5.07. The van der Waals surface area contributed by atoms with Crippen LogP contribution in [0.5, 0.6) is 0 Å². The van der Waals surface area contributed by atoms with Crippen LogP contribution in [-0.4, -0.2) is 31.7 Å². The summed E-state index contributed by atoms with van der Waals surface area (Å²) in [4.78, 5) is 2.59. The maximum absolute atomic E-state index is 2.59. The zero-order chi connectivity index (χ0) is 7.68. The lowest BCUT2D eigenvalue weighted by molar-refractivity contribution is 0.154. The monoisotopic (exact) mass is 150 g/mol. The van der Waals surface area contributed by atoms with Crippen molar-refractivity contribution >= 4 is 7.28 Å². The van der Waals surface area contributed by atoms with Crippen molar-refractivity contribution in [2.75, 3.05) is 19.5 Å². The molecule has 2 fully saturated rings. The van der Waals surface area contributed by atoms with Gasteiger partial charge in [-0.15, -0.1) is 0 Å². The highest BCUT2D eigenvalue weighted by Crippen LogP contribution is 2.33. The van der Waals surface area contributed by atoms with E-state index >= 15 is 0 Å². The first-order valence-electron chi connectivity index (χ1n) is 4.88. The van der Waals surface area contributed by atoms with Gasteiger partial charge in [0, 0.05) is 6.54 Å². The van der Waals surface area contributed by atoms with Crippen LogP contribution in [0, 0.1) is 11.8 Å². The van der Waals surface area contributed by atoms with E-state index in [-0.39, 0.29) is 0 Å². The van der Waals surface area contributed by atoms with Gasteiger partial charge in [0.25, 0.3) is 0 Å². The number of hydrogen-bond donors (Lipinski definition) is 0. The molecule has 2 rings (SSSR count). The molecular weight excluding hydrogens is 133 g/mol. The van der Waals surface area contributed by atoms with Crippen molar-refractivity contribution < 1.29 is 0 Å². The van der Waals surface area contributed by atoms with Crippen molar-refractivity contribution in [3.63, 3.8) is 0 Å². The molecule has 1 aliphatic carbocycles. The lowest BCUT2D eigenvalue weighted by Gasteiger charge is -2.35. The van der Waals surface area contributed by atoms with Crippen LogP contribution in [-0.2, 0) is 0 Å². The van der Waals surface area contributed by atoms with E-state index in [0.717, 1.165) is 11.8 Å². The number of hydrogen-bond acceptors (Lipinski definition) is 1. The third-order valence-corrected chi connectivity index (χ3v) is 3.02. The van der Waals surface area contributed by atoms with Gasteiger partial charge in [-0.3, -0.25) is 0 Å². The predicted octanol–water partition coefficient (Wildman–Crippen LogP) is 1.43. The van der Waals surface area contributed by atoms with Crippen molar-refractivity contribution in [1.82, 2.24) is 4.90 Å². The average molecular weight is 150 g/mol. The molecule has 11 heavy (non-hydrogen) atoms.